The Morgan fingerprint density at radius 2 is 2.17 bits per heavy atom. The minimum atomic E-state index is 0.774. The first-order chi connectivity index (χ1) is 5.88. The number of thiol groups is 1. The summed E-state index contributed by atoms with van der Waals surface area (Å²) in [5.74, 6) is 0.844. The summed E-state index contributed by atoms with van der Waals surface area (Å²) in [5, 5.41) is 3.83. The van der Waals surface area contributed by atoms with Gasteiger partial charge in [-0.3, -0.25) is 4.79 Å². The number of carbonyl (C=O) groups excluding carboxylic acids is 1. The minimum Gasteiger partial charge on any atom is -0.298 e. The van der Waals surface area contributed by atoms with Crippen molar-refractivity contribution in [2.45, 2.75) is 6.42 Å². The Morgan fingerprint density at radius 3 is 2.83 bits per heavy atom. The molecule has 0 aromatic carbocycles. The maximum absolute atomic E-state index is 10.5. The Balaban J connectivity index is 2.67. The highest BCUT2D eigenvalue weighted by molar-refractivity contribution is 7.80. The summed E-state index contributed by atoms with van der Waals surface area (Å²) >= 11 is 5.63. The second-order valence-corrected chi connectivity index (χ2v) is 3.51. The van der Waals surface area contributed by atoms with E-state index in [-0.39, 0.29) is 0 Å². The van der Waals surface area contributed by atoms with Crippen LogP contribution in [-0.2, 0) is 0 Å². The third-order valence-electron chi connectivity index (χ3n) is 1.44. The zero-order valence-electron chi connectivity index (χ0n) is 6.56. The second-order valence-electron chi connectivity index (χ2n) is 2.31. The van der Waals surface area contributed by atoms with Crippen molar-refractivity contribution >= 4 is 36.3 Å². The van der Waals surface area contributed by atoms with E-state index in [0.29, 0.717) is 0 Å². The second kappa shape index (κ2) is 5.17. The molecule has 3 heteroatoms. The fourth-order valence-electron chi connectivity index (χ4n) is 0.833. The first-order valence-corrected chi connectivity index (χ1v) is 5.24. The molecule has 1 aromatic rings. The molecular weight excluding hydrogens is 188 g/mol. The van der Waals surface area contributed by atoms with E-state index in [1.165, 1.54) is 0 Å². The lowest BCUT2D eigenvalue weighted by atomic mass is 10.2. The van der Waals surface area contributed by atoms with E-state index < -0.39 is 0 Å². The van der Waals surface area contributed by atoms with Crippen molar-refractivity contribution in [3.05, 3.63) is 28.0 Å². The summed E-state index contributed by atoms with van der Waals surface area (Å²) in [5.41, 5.74) is 1.78. The van der Waals surface area contributed by atoms with Crippen LogP contribution in [0.25, 0.3) is 6.08 Å². The summed E-state index contributed by atoms with van der Waals surface area (Å²) in [7, 11) is 0. The van der Waals surface area contributed by atoms with Gasteiger partial charge in [-0.2, -0.15) is 24.0 Å². The van der Waals surface area contributed by atoms with Crippen LogP contribution < -0.4 is 0 Å². The summed E-state index contributed by atoms with van der Waals surface area (Å²) in [4.78, 5) is 10.5. The van der Waals surface area contributed by atoms with Crippen molar-refractivity contribution < 1.29 is 4.79 Å². The molecule has 0 saturated carbocycles. The maximum atomic E-state index is 10.5. The molecule has 0 unspecified atom stereocenters. The Morgan fingerprint density at radius 1 is 1.42 bits per heavy atom. The largest absolute Gasteiger partial charge is 0.298 e. The molecule has 0 fully saturated rings. The zero-order valence-corrected chi connectivity index (χ0v) is 8.28. The molecule has 0 spiro atoms. The molecule has 64 valence electrons. The van der Waals surface area contributed by atoms with Gasteiger partial charge in [0.25, 0.3) is 0 Å². The van der Waals surface area contributed by atoms with Crippen LogP contribution in [0.5, 0.6) is 0 Å². The molecule has 0 amide bonds. The van der Waals surface area contributed by atoms with Gasteiger partial charge in [0, 0.05) is 10.9 Å². The summed E-state index contributed by atoms with van der Waals surface area (Å²) in [6.07, 6.45) is 5.83. The van der Waals surface area contributed by atoms with Gasteiger partial charge in [0.2, 0.25) is 0 Å². The van der Waals surface area contributed by atoms with Gasteiger partial charge >= 0.3 is 0 Å². The van der Waals surface area contributed by atoms with Gasteiger partial charge in [0.15, 0.2) is 6.29 Å². The van der Waals surface area contributed by atoms with Crippen LogP contribution >= 0.6 is 24.0 Å². The van der Waals surface area contributed by atoms with E-state index >= 15 is 0 Å². The van der Waals surface area contributed by atoms with E-state index in [1.807, 2.05) is 22.9 Å². The van der Waals surface area contributed by atoms with Gasteiger partial charge in [-0.1, -0.05) is 12.2 Å². The standard InChI is InChI=1S/C9H10OS2/c10-5-9-7-12-6-8(9)3-1-2-4-11/h1,3,5-7,11H,2,4H2. The van der Waals surface area contributed by atoms with E-state index in [0.717, 1.165) is 29.6 Å². The number of thiophene rings is 1. The molecule has 0 radical (unpaired) electrons. The average Bonchev–Trinajstić information content (AvgIpc) is 2.52. The highest BCUT2D eigenvalue weighted by Crippen LogP contribution is 2.14. The number of allylic oxidation sites excluding steroid dienone is 1. The molecule has 12 heavy (non-hydrogen) atoms. The average molecular weight is 198 g/mol. The highest BCUT2D eigenvalue weighted by Gasteiger charge is 1.96. The molecule has 1 heterocycles. The molecule has 0 saturated heterocycles. The Kier molecular flexibility index (Phi) is 4.11. The molecule has 1 rings (SSSR count). The lowest BCUT2D eigenvalue weighted by Crippen LogP contribution is -1.77. The van der Waals surface area contributed by atoms with Crippen LogP contribution in [0.2, 0.25) is 0 Å². The molecule has 0 aliphatic rings. The van der Waals surface area contributed by atoms with Crippen molar-refractivity contribution in [3.63, 3.8) is 0 Å². The number of rotatable bonds is 4. The minimum absolute atomic E-state index is 0.774. The van der Waals surface area contributed by atoms with E-state index in [1.54, 1.807) is 11.3 Å². The monoisotopic (exact) mass is 198 g/mol. The van der Waals surface area contributed by atoms with Gasteiger partial charge in [-0.25, -0.2) is 0 Å². The number of hydrogen-bond acceptors (Lipinski definition) is 3. The first kappa shape index (κ1) is 9.55. The van der Waals surface area contributed by atoms with E-state index in [9.17, 15) is 4.79 Å². The van der Waals surface area contributed by atoms with Gasteiger partial charge in [-0.05, 0) is 23.1 Å². The highest BCUT2D eigenvalue weighted by atomic mass is 32.1. The molecule has 0 bridgehead atoms. The van der Waals surface area contributed by atoms with Crippen LogP contribution in [0, 0.1) is 0 Å². The van der Waals surface area contributed by atoms with Crippen LogP contribution in [0.4, 0.5) is 0 Å². The van der Waals surface area contributed by atoms with Crippen LogP contribution in [0.3, 0.4) is 0 Å². The van der Waals surface area contributed by atoms with Crippen molar-refractivity contribution in [3.8, 4) is 0 Å². The van der Waals surface area contributed by atoms with Crippen LogP contribution in [0.1, 0.15) is 22.3 Å². The van der Waals surface area contributed by atoms with Gasteiger partial charge in [0.05, 0.1) is 0 Å². The van der Waals surface area contributed by atoms with Gasteiger partial charge in [-0.15, -0.1) is 0 Å². The fourth-order valence-corrected chi connectivity index (χ4v) is 1.75. The fraction of sp³-hybridized carbons (Fsp3) is 0.222. The Hall–Kier alpha value is -0.540. The predicted molar refractivity (Wildman–Crippen MR) is 57.2 cm³/mol. The molecule has 0 aliphatic heterocycles. The maximum Gasteiger partial charge on any atom is 0.151 e. The summed E-state index contributed by atoms with van der Waals surface area (Å²) in [6.45, 7) is 0. The topological polar surface area (TPSA) is 17.1 Å². The third-order valence-corrected chi connectivity index (χ3v) is 2.48. The third kappa shape index (κ3) is 2.50. The lowest BCUT2D eigenvalue weighted by molar-refractivity contribution is 0.112. The lowest BCUT2D eigenvalue weighted by Gasteiger charge is -1.87. The normalized spacial score (nSPS) is 10.8. The number of hydrogen-bond donors (Lipinski definition) is 1. The zero-order chi connectivity index (χ0) is 8.81. The molecule has 1 aromatic heterocycles. The van der Waals surface area contributed by atoms with Crippen molar-refractivity contribution in [1.29, 1.82) is 0 Å². The van der Waals surface area contributed by atoms with Crippen molar-refractivity contribution in [1.82, 2.24) is 0 Å². The molecular formula is C9H10OS2. The molecule has 0 atom stereocenters. The molecule has 0 aliphatic carbocycles. The van der Waals surface area contributed by atoms with Gasteiger partial charge < -0.3 is 0 Å². The Bertz CT molecular complexity index is 276. The Labute approximate surface area is 81.5 Å². The quantitative estimate of drug-likeness (QED) is 0.581. The van der Waals surface area contributed by atoms with Crippen molar-refractivity contribution in [2.75, 3.05) is 5.75 Å². The number of carbonyl (C=O) groups is 1. The van der Waals surface area contributed by atoms with Crippen molar-refractivity contribution in [2.24, 2.45) is 0 Å². The van der Waals surface area contributed by atoms with Crippen LogP contribution in [-0.4, -0.2) is 12.0 Å². The first-order valence-electron chi connectivity index (χ1n) is 3.67. The van der Waals surface area contributed by atoms with E-state index in [4.69, 9.17) is 0 Å². The number of aldehydes is 1. The summed E-state index contributed by atoms with van der Waals surface area (Å²) < 4.78 is 0. The van der Waals surface area contributed by atoms with Gasteiger partial charge in [0.1, 0.15) is 0 Å². The smallest absolute Gasteiger partial charge is 0.151 e. The van der Waals surface area contributed by atoms with E-state index in [2.05, 4.69) is 12.6 Å². The summed E-state index contributed by atoms with van der Waals surface area (Å²) in [6, 6.07) is 0. The molecule has 1 nitrogen and oxygen atoms in total. The molecule has 0 N–H and O–H groups in total. The SMILES string of the molecule is O=Cc1cscc1C=CCCS. The predicted octanol–water partition coefficient (Wildman–Crippen LogP) is 2.89. The van der Waals surface area contributed by atoms with Crippen LogP contribution in [0.15, 0.2) is 16.8 Å².